The first-order valence-corrected chi connectivity index (χ1v) is 8.85. The lowest BCUT2D eigenvalue weighted by molar-refractivity contribution is -0.0153. The molecule has 3 heterocycles. The molecule has 0 aromatic carbocycles. The van der Waals surface area contributed by atoms with Crippen molar-refractivity contribution in [1.82, 2.24) is 20.0 Å². The minimum Gasteiger partial charge on any atom is -0.367 e. The van der Waals surface area contributed by atoms with Crippen LogP contribution in [0.2, 0.25) is 0 Å². The van der Waals surface area contributed by atoms with Gasteiger partial charge in [-0.05, 0) is 44.7 Å². The van der Waals surface area contributed by atoms with Crippen LogP contribution < -0.4 is 0 Å². The van der Waals surface area contributed by atoms with E-state index in [0.29, 0.717) is 30.5 Å². The third kappa shape index (κ3) is 3.87. The number of likely N-dealkylation sites (tertiary alicyclic amines) is 1. The molecule has 4 rings (SSSR count). The number of hydrogen-bond donors (Lipinski definition) is 0. The van der Waals surface area contributed by atoms with Crippen molar-refractivity contribution in [2.75, 3.05) is 13.1 Å². The van der Waals surface area contributed by atoms with Gasteiger partial charge >= 0.3 is 0 Å². The number of aromatic nitrogens is 3. The lowest BCUT2D eigenvalue weighted by Crippen LogP contribution is -2.43. The summed E-state index contributed by atoms with van der Waals surface area (Å²) >= 11 is 0. The number of hydrogen-bond acceptors (Lipinski definition) is 6. The molecule has 1 saturated heterocycles. The van der Waals surface area contributed by atoms with E-state index in [2.05, 4.69) is 15.1 Å². The highest BCUT2D eigenvalue weighted by Crippen LogP contribution is 2.38. The second-order valence-corrected chi connectivity index (χ2v) is 6.84. The fraction of sp³-hybridized carbons (Fsp3) is 0.556. The summed E-state index contributed by atoms with van der Waals surface area (Å²) in [7, 11) is 0. The minimum absolute atomic E-state index is 0.00705. The Morgan fingerprint density at radius 2 is 2.24 bits per heavy atom. The van der Waals surface area contributed by atoms with E-state index in [1.165, 1.54) is 0 Å². The Hall–Kier alpha value is -2.28. The molecule has 25 heavy (non-hydrogen) atoms. The van der Waals surface area contributed by atoms with Crippen molar-refractivity contribution in [3.63, 3.8) is 0 Å². The molecule has 0 N–H and O–H groups in total. The smallest absolute Gasteiger partial charge is 0.255 e. The third-order valence-electron chi connectivity index (χ3n) is 4.69. The standard InChI is InChI=1S/C18H22N4O3/c1-12-4-5-14(9-19-12)18(23)22-8-2-3-15(10-22)24-11-16-20-17(21-25-16)13-6-7-13/h4-5,9,13,15H,2-3,6-8,10-11H2,1H3/t15-/m1/s1. The second kappa shape index (κ2) is 6.92. The fourth-order valence-electron chi connectivity index (χ4n) is 3.06. The van der Waals surface area contributed by atoms with Crippen LogP contribution in [0.5, 0.6) is 0 Å². The molecular weight excluding hydrogens is 320 g/mol. The van der Waals surface area contributed by atoms with Gasteiger partial charge in [-0.3, -0.25) is 9.78 Å². The van der Waals surface area contributed by atoms with Gasteiger partial charge in [0.05, 0.1) is 11.7 Å². The van der Waals surface area contributed by atoms with Gasteiger partial charge in [0.15, 0.2) is 5.82 Å². The molecule has 1 atom stereocenters. The first kappa shape index (κ1) is 16.2. The molecule has 0 radical (unpaired) electrons. The summed E-state index contributed by atoms with van der Waals surface area (Å²) in [4.78, 5) is 23.0. The van der Waals surface area contributed by atoms with Crippen molar-refractivity contribution in [2.24, 2.45) is 0 Å². The number of piperidine rings is 1. The van der Waals surface area contributed by atoms with Crippen LogP contribution in [0.15, 0.2) is 22.9 Å². The van der Waals surface area contributed by atoms with Gasteiger partial charge in [-0.25, -0.2) is 0 Å². The molecule has 7 nitrogen and oxygen atoms in total. The summed E-state index contributed by atoms with van der Waals surface area (Å²) in [5.74, 6) is 1.80. The van der Waals surface area contributed by atoms with E-state index in [0.717, 1.165) is 43.7 Å². The summed E-state index contributed by atoms with van der Waals surface area (Å²) < 4.78 is 11.1. The number of nitrogens with zero attached hydrogens (tertiary/aromatic N) is 4. The highest BCUT2D eigenvalue weighted by molar-refractivity contribution is 5.94. The van der Waals surface area contributed by atoms with Gasteiger partial charge in [-0.2, -0.15) is 4.98 Å². The Morgan fingerprint density at radius 1 is 1.36 bits per heavy atom. The number of aryl methyl sites for hydroxylation is 1. The zero-order chi connectivity index (χ0) is 17.2. The SMILES string of the molecule is Cc1ccc(C(=O)N2CCC[C@@H](OCc3nc(C4CC4)no3)C2)cn1. The predicted octanol–water partition coefficient (Wildman–Crippen LogP) is 2.47. The van der Waals surface area contributed by atoms with Crippen LogP contribution in [0.4, 0.5) is 0 Å². The maximum absolute atomic E-state index is 12.6. The maximum Gasteiger partial charge on any atom is 0.255 e. The molecule has 1 saturated carbocycles. The molecular formula is C18H22N4O3. The number of carbonyl (C=O) groups excluding carboxylic acids is 1. The quantitative estimate of drug-likeness (QED) is 0.830. The van der Waals surface area contributed by atoms with E-state index in [9.17, 15) is 4.79 Å². The van der Waals surface area contributed by atoms with Crippen molar-refractivity contribution in [2.45, 2.75) is 51.2 Å². The average Bonchev–Trinajstić information content (AvgIpc) is 3.39. The summed E-state index contributed by atoms with van der Waals surface area (Å²) in [6.07, 6.45) is 5.78. The van der Waals surface area contributed by atoms with Gasteiger partial charge in [-0.1, -0.05) is 5.16 Å². The van der Waals surface area contributed by atoms with Crippen LogP contribution in [0.1, 0.15) is 59.4 Å². The van der Waals surface area contributed by atoms with Gasteiger partial charge in [0.25, 0.3) is 11.8 Å². The zero-order valence-electron chi connectivity index (χ0n) is 14.4. The highest BCUT2D eigenvalue weighted by Gasteiger charge is 2.29. The van der Waals surface area contributed by atoms with Gasteiger partial charge < -0.3 is 14.2 Å². The summed E-state index contributed by atoms with van der Waals surface area (Å²) in [6.45, 7) is 3.54. The lowest BCUT2D eigenvalue weighted by Gasteiger charge is -2.32. The van der Waals surface area contributed by atoms with Crippen molar-refractivity contribution in [1.29, 1.82) is 0 Å². The van der Waals surface area contributed by atoms with Gasteiger partial charge in [0.2, 0.25) is 0 Å². The maximum atomic E-state index is 12.6. The molecule has 1 aliphatic heterocycles. The van der Waals surface area contributed by atoms with Crippen molar-refractivity contribution < 1.29 is 14.1 Å². The largest absolute Gasteiger partial charge is 0.367 e. The van der Waals surface area contributed by atoms with E-state index in [4.69, 9.17) is 9.26 Å². The first-order valence-electron chi connectivity index (χ1n) is 8.85. The number of rotatable bonds is 5. The summed E-state index contributed by atoms with van der Waals surface area (Å²) in [6, 6.07) is 3.69. The van der Waals surface area contributed by atoms with Crippen LogP contribution in [0.3, 0.4) is 0 Å². The monoisotopic (exact) mass is 342 g/mol. The number of pyridine rings is 1. The molecule has 2 fully saturated rings. The molecule has 1 amide bonds. The molecule has 132 valence electrons. The van der Waals surface area contributed by atoms with Crippen LogP contribution in [0.25, 0.3) is 0 Å². The number of amides is 1. The lowest BCUT2D eigenvalue weighted by atomic mass is 10.1. The minimum atomic E-state index is -0.00705. The summed E-state index contributed by atoms with van der Waals surface area (Å²) in [5.41, 5.74) is 1.53. The molecule has 2 aromatic rings. The van der Waals surface area contributed by atoms with Crippen molar-refractivity contribution in [3.8, 4) is 0 Å². The topological polar surface area (TPSA) is 81.4 Å². The van der Waals surface area contributed by atoms with E-state index in [1.807, 2.05) is 24.0 Å². The Morgan fingerprint density at radius 3 is 3.00 bits per heavy atom. The summed E-state index contributed by atoms with van der Waals surface area (Å²) in [5, 5.41) is 3.99. The predicted molar refractivity (Wildman–Crippen MR) is 89.0 cm³/mol. The molecule has 0 unspecified atom stereocenters. The van der Waals surface area contributed by atoms with E-state index in [-0.39, 0.29) is 12.0 Å². The number of carbonyl (C=O) groups is 1. The van der Waals surface area contributed by atoms with Crippen molar-refractivity contribution in [3.05, 3.63) is 41.3 Å². The molecule has 0 spiro atoms. The third-order valence-corrected chi connectivity index (χ3v) is 4.69. The van der Waals surface area contributed by atoms with E-state index < -0.39 is 0 Å². The average molecular weight is 342 g/mol. The Labute approximate surface area is 146 Å². The van der Waals surface area contributed by atoms with Crippen LogP contribution in [-0.4, -0.2) is 45.1 Å². The molecule has 7 heteroatoms. The Bertz CT molecular complexity index is 739. The molecule has 0 bridgehead atoms. The molecule has 1 aliphatic carbocycles. The second-order valence-electron chi connectivity index (χ2n) is 6.84. The van der Waals surface area contributed by atoms with Crippen LogP contribution in [-0.2, 0) is 11.3 Å². The van der Waals surface area contributed by atoms with Crippen molar-refractivity contribution >= 4 is 5.91 Å². The van der Waals surface area contributed by atoms with Crippen LogP contribution >= 0.6 is 0 Å². The van der Waals surface area contributed by atoms with E-state index in [1.54, 1.807) is 6.20 Å². The fourth-order valence-corrected chi connectivity index (χ4v) is 3.06. The molecule has 2 aliphatic rings. The van der Waals surface area contributed by atoms with E-state index >= 15 is 0 Å². The molecule has 2 aromatic heterocycles. The van der Waals surface area contributed by atoms with Gasteiger partial charge in [0.1, 0.15) is 6.61 Å². The highest BCUT2D eigenvalue weighted by atomic mass is 16.5. The first-order chi connectivity index (χ1) is 12.2. The van der Waals surface area contributed by atoms with Crippen LogP contribution in [0, 0.1) is 6.92 Å². The van der Waals surface area contributed by atoms with Gasteiger partial charge in [0, 0.05) is 30.9 Å². The van der Waals surface area contributed by atoms with Gasteiger partial charge in [-0.15, -0.1) is 0 Å². The Kier molecular flexibility index (Phi) is 4.48. The number of ether oxygens (including phenoxy) is 1. The Balaban J connectivity index is 1.32. The zero-order valence-corrected chi connectivity index (χ0v) is 14.4. The normalized spacial score (nSPS) is 20.7.